The molecule has 0 radical (unpaired) electrons. The number of imidazole rings is 1. The van der Waals surface area contributed by atoms with Crippen molar-refractivity contribution in [1.82, 2.24) is 34.9 Å². The lowest BCUT2D eigenvalue weighted by Crippen LogP contribution is -2.56. The highest BCUT2D eigenvalue weighted by Crippen LogP contribution is 2.26. The number of carbonyl (C=O) groups is 3. The molecule has 3 N–H and O–H groups in total. The molecule has 0 unspecified atom stereocenters. The molecule has 12 nitrogen and oxygen atoms in total. The molecular formula is C35H46N8O4. The zero-order chi connectivity index (χ0) is 32.3. The summed E-state index contributed by atoms with van der Waals surface area (Å²) in [6, 6.07) is 12.4. The summed E-state index contributed by atoms with van der Waals surface area (Å²) in [6.07, 6.45) is 4.92. The van der Waals surface area contributed by atoms with Gasteiger partial charge in [0.05, 0.1) is 17.4 Å². The van der Waals surface area contributed by atoms with E-state index in [1.54, 1.807) is 11.2 Å². The number of piperidine rings is 2. The summed E-state index contributed by atoms with van der Waals surface area (Å²) in [5.74, 6) is -0.140. The predicted octanol–water partition coefficient (Wildman–Crippen LogP) is 3.37. The molecule has 3 aromatic rings. The lowest BCUT2D eigenvalue weighted by atomic mass is 10.0. The summed E-state index contributed by atoms with van der Waals surface area (Å²) < 4.78 is 6.10. The van der Waals surface area contributed by atoms with Crippen LogP contribution in [0.4, 0.5) is 15.3 Å². The number of anilines is 1. The minimum atomic E-state index is -0.934. The second-order valence-electron chi connectivity index (χ2n) is 13.4. The standard InChI is InChI=1S/C35H46N8O4/c1-24-20-25(21-30-32(24)38-23-37-30)22-31(33(44)41-18-16-40(17-19-41)27-6-11-36-12-7-27)47-35(46)42-13-9-28(10-14-42)43-15-8-26-4-2-3-5-29(26)39-34(43)45/h2-5,20-21,23,27-28,31,36H,6-19,22H2,1H3,(H,37,38)(H,39,45)/t31-/m1/s1. The number of amides is 4. The average molecular weight is 643 g/mol. The number of aryl methyl sites for hydroxylation is 1. The topological polar surface area (TPSA) is 126 Å². The molecule has 3 fully saturated rings. The minimum Gasteiger partial charge on any atom is -0.436 e. The zero-order valence-electron chi connectivity index (χ0n) is 27.2. The fourth-order valence-corrected chi connectivity index (χ4v) is 7.79. The highest BCUT2D eigenvalue weighted by molar-refractivity contribution is 5.91. The van der Waals surface area contributed by atoms with E-state index in [-0.39, 0.29) is 24.4 Å². The minimum absolute atomic E-state index is 0.0329. The quantitative estimate of drug-likeness (QED) is 0.377. The third kappa shape index (κ3) is 6.94. The highest BCUT2D eigenvalue weighted by atomic mass is 16.6. The number of likely N-dealkylation sites (tertiary alicyclic amines) is 1. The molecule has 0 aliphatic carbocycles. The molecule has 1 atom stereocenters. The van der Waals surface area contributed by atoms with Crippen LogP contribution in [0.1, 0.15) is 42.4 Å². The number of rotatable bonds is 6. The Hall–Kier alpha value is -4.16. The van der Waals surface area contributed by atoms with E-state index >= 15 is 0 Å². The van der Waals surface area contributed by atoms with Gasteiger partial charge in [-0.25, -0.2) is 14.6 Å². The SMILES string of the molecule is Cc1cc(C[C@@H](OC(=O)N2CCC(N3CCc4ccccc4NC3=O)CC2)C(=O)N2CCN(C3CCNCC3)CC2)cc2nc[nH]c12. The number of hydrogen-bond acceptors (Lipinski definition) is 7. The number of para-hydroxylation sites is 1. The number of fused-ring (bicyclic) bond motifs is 2. The molecule has 0 saturated carbocycles. The van der Waals surface area contributed by atoms with Crippen molar-refractivity contribution in [2.45, 2.75) is 63.6 Å². The van der Waals surface area contributed by atoms with Gasteiger partial charge in [0, 0.05) is 70.0 Å². The molecule has 0 spiro atoms. The van der Waals surface area contributed by atoms with Gasteiger partial charge in [0.15, 0.2) is 6.10 Å². The van der Waals surface area contributed by atoms with Crippen LogP contribution in [0, 0.1) is 6.92 Å². The van der Waals surface area contributed by atoms with Crippen LogP contribution in [-0.2, 0) is 22.4 Å². The Labute approximate surface area is 275 Å². The molecule has 7 rings (SSSR count). The van der Waals surface area contributed by atoms with Crippen LogP contribution < -0.4 is 10.6 Å². The van der Waals surface area contributed by atoms with E-state index in [0.29, 0.717) is 51.6 Å². The molecule has 4 aliphatic rings. The van der Waals surface area contributed by atoms with Crippen molar-refractivity contribution in [1.29, 1.82) is 0 Å². The van der Waals surface area contributed by atoms with E-state index in [0.717, 1.165) is 78.9 Å². The number of H-pyrrole nitrogens is 1. The fraction of sp³-hybridized carbons (Fsp3) is 0.543. The lowest BCUT2D eigenvalue weighted by Gasteiger charge is -2.41. The van der Waals surface area contributed by atoms with Gasteiger partial charge in [0.2, 0.25) is 0 Å². The molecule has 250 valence electrons. The number of nitrogens with one attached hydrogen (secondary N) is 3. The van der Waals surface area contributed by atoms with Crippen molar-refractivity contribution in [3.8, 4) is 0 Å². The Morgan fingerprint density at radius 2 is 1.70 bits per heavy atom. The Kier molecular flexibility index (Phi) is 9.30. The van der Waals surface area contributed by atoms with E-state index in [1.165, 1.54) is 0 Å². The summed E-state index contributed by atoms with van der Waals surface area (Å²) in [5, 5.41) is 6.49. The van der Waals surface area contributed by atoms with Crippen LogP contribution in [0.15, 0.2) is 42.7 Å². The first-order chi connectivity index (χ1) is 22.9. The monoisotopic (exact) mass is 642 g/mol. The summed E-state index contributed by atoms with van der Waals surface area (Å²) >= 11 is 0. The maximum atomic E-state index is 14.1. The van der Waals surface area contributed by atoms with Crippen LogP contribution >= 0.6 is 0 Å². The first-order valence-corrected chi connectivity index (χ1v) is 17.2. The summed E-state index contributed by atoms with van der Waals surface area (Å²) in [4.78, 5) is 56.4. The average Bonchev–Trinajstić information content (AvgIpc) is 3.52. The number of benzene rings is 2. The Bertz CT molecular complexity index is 1590. The van der Waals surface area contributed by atoms with Crippen molar-refractivity contribution < 1.29 is 19.1 Å². The Morgan fingerprint density at radius 3 is 2.49 bits per heavy atom. The van der Waals surface area contributed by atoms with E-state index in [2.05, 4.69) is 31.6 Å². The number of aromatic amines is 1. The smallest absolute Gasteiger partial charge is 0.410 e. The van der Waals surface area contributed by atoms with E-state index < -0.39 is 12.2 Å². The largest absolute Gasteiger partial charge is 0.436 e. The number of nitrogens with zero attached hydrogens (tertiary/aromatic N) is 5. The maximum Gasteiger partial charge on any atom is 0.410 e. The van der Waals surface area contributed by atoms with Gasteiger partial charge < -0.3 is 35.1 Å². The summed E-state index contributed by atoms with van der Waals surface area (Å²) in [7, 11) is 0. The maximum absolute atomic E-state index is 14.1. The molecule has 47 heavy (non-hydrogen) atoms. The van der Waals surface area contributed by atoms with E-state index in [9.17, 15) is 14.4 Å². The molecule has 12 heteroatoms. The summed E-state index contributed by atoms with van der Waals surface area (Å²) in [5.41, 5.74) is 5.74. The van der Waals surface area contributed by atoms with Crippen molar-refractivity contribution in [2.24, 2.45) is 0 Å². The van der Waals surface area contributed by atoms with Gasteiger partial charge >= 0.3 is 12.1 Å². The third-order valence-corrected chi connectivity index (χ3v) is 10.5. The van der Waals surface area contributed by atoms with Gasteiger partial charge in [0.25, 0.3) is 5.91 Å². The molecule has 3 saturated heterocycles. The van der Waals surface area contributed by atoms with E-state index in [4.69, 9.17) is 4.74 Å². The van der Waals surface area contributed by atoms with Crippen molar-refractivity contribution >= 4 is 34.8 Å². The van der Waals surface area contributed by atoms with Gasteiger partial charge in [0.1, 0.15) is 0 Å². The van der Waals surface area contributed by atoms with Crippen molar-refractivity contribution in [3.63, 3.8) is 0 Å². The molecule has 2 aromatic carbocycles. The Balaban J connectivity index is 1.00. The number of urea groups is 1. The zero-order valence-corrected chi connectivity index (χ0v) is 27.2. The van der Waals surface area contributed by atoms with Gasteiger partial charge in [-0.3, -0.25) is 9.69 Å². The van der Waals surface area contributed by atoms with Crippen LogP contribution in [0.3, 0.4) is 0 Å². The third-order valence-electron chi connectivity index (χ3n) is 10.5. The number of carbonyl (C=O) groups excluding carboxylic acids is 3. The fourth-order valence-electron chi connectivity index (χ4n) is 7.79. The first-order valence-electron chi connectivity index (χ1n) is 17.2. The van der Waals surface area contributed by atoms with Crippen LogP contribution in [0.5, 0.6) is 0 Å². The first kappa shape index (κ1) is 31.4. The van der Waals surface area contributed by atoms with Gasteiger partial charge in [-0.05, 0) is 80.9 Å². The molecule has 4 aliphatic heterocycles. The molecule has 1 aromatic heterocycles. The van der Waals surface area contributed by atoms with Gasteiger partial charge in [-0.2, -0.15) is 0 Å². The number of aromatic nitrogens is 2. The van der Waals surface area contributed by atoms with Crippen LogP contribution in [-0.4, -0.2) is 125 Å². The number of ether oxygens (including phenoxy) is 1. The van der Waals surface area contributed by atoms with E-state index in [1.807, 2.05) is 47.1 Å². The van der Waals surface area contributed by atoms with Crippen molar-refractivity contribution in [3.05, 3.63) is 59.4 Å². The highest BCUT2D eigenvalue weighted by Gasteiger charge is 2.36. The molecule has 4 amide bonds. The van der Waals surface area contributed by atoms with Crippen molar-refractivity contribution in [2.75, 3.05) is 64.2 Å². The normalized spacial score (nSPS) is 20.9. The van der Waals surface area contributed by atoms with Crippen LogP contribution in [0.25, 0.3) is 11.0 Å². The number of piperazine rings is 1. The predicted molar refractivity (Wildman–Crippen MR) is 179 cm³/mol. The van der Waals surface area contributed by atoms with Crippen LogP contribution in [0.2, 0.25) is 0 Å². The second-order valence-corrected chi connectivity index (χ2v) is 13.4. The van der Waals surface area contributed by atoms with Gasteiger partial charge in [-0.1, -0.05) is 24.3 Å². The second kappa shape index (κ2) is 13.9. The molecule has 5 heterocycles. The Morgan fingerprint density at radius 1 is 0.936 bits per heavy atom. The lowest BCUT2D eigenvalue weighted by molar-refractivity contribution is -0.143. The number of hydrogen-bond donors (Lipinski definition) is 3. The molecule has 0 bridgehead atoms. The molecular weight excluding hydrogens is 596 g/mol. The van der Waals surface area contributed by atoms with Gasteiger partial charge in [-0.15, -0.1) is 0 Å². The summed E-state index contributed by atoms with van der Waals surface area (Å²) in [6.45, 7) is 8.58.